The Hall–Kier alpha value is -2.47. The Kier molecular flexibility index (Phi) is 5.78. The summed E-state index contributed by atoms with van der Waals surface area (Å²) in [7, 11) is -4.31. The van der Waals surface area contributed by atoms with Gasteiger partial charge in [-0.3, -0.25) is 4.31 Å². The molecule has 12 heteroatoms. The van der Waals surface area contributed by atoms with Gasteiger partial charge < -0.3 is 15.4 Å². The van der Waals surface area contributed by atoms with Crippen LogP contribution in [-0.4, -0.2) is 39.7 Å². The molecule has 2 atom stereocenters. The molecule has 2 aliphatic rings. The number of carbonyl (C=O) groups excluding carboxylic acids is 1. The van der Waals surface area contributed by atoms with E-state index in [4.69, 9.17) is 10.5 Å². The highest BCUT2D eigenvalue weighted by atomic mass is 79.9. The first kappa shape index (κ1) is 22.7. The summed E-state index contributed by atoms with van der Waals surface area (Å²) in [4.78, 5) is 12.7. The van der Waals surface area contributed by atoms with Gasteiger partial charge in [0.1, 0.15) is 6.10 Å². The number of carbonyl (C=O) groups is 1. The minimum Gasteiger partial charge on any atom is -0.446 e. The van der Waals surface area contributed by atoms with Crippen LogP contribution in [0.4, 0.5) is 29.3 Å². The van der Waals surface area contributed by atoms with Crippen molar-refractivity contribution in [1.29, 1.82) is 0 Å². The molecule has 0 aliphatic carbocycles. The molecular weight excluding hydrogens is 515 g/mol. The molecule has 1 saturated heterocycles. The van der Waals surface area contributed by atoms with E-state index in [0.29, 0.717) is 41.3 Å². The fraction of sp³-hybridized carbons (Fsp3) is 0.350. The summed E-state index contributed by atoms with van der Waals surface area (Å²) in [6.45, 7) is 0.495. The Labute approximate surface area is 191 Å². The average Bonchev–Trinajstić information content (AvgIpc) is 2.71. The van der Waals surface area contributed by atoms with Crippen LogP contribution >= 0.6 is 15.9 Å². The van der Waals surface area contributed by atoms with E-state index >= 15 is 0 Å². The van der Waals surface area contributed by atoms with Crippen LogP contribution in [-0.2, 0) is 20.9 Å². The fourth-order valence-electron chi connectivity index (χ4n) is 4.19. The molecular formula is C20H19BrF3N3O4S. The van der Waals surface area contributed by atoms with E-state index in [-0.39, 0.29) is 12.6 Å². The van der Waals surface area contributed by atoms with Crippen LogP contribution in [0.1, 0.15) is 18.4 Å². The second-order valence-electron chi connectivity index (χ2n) is 7.63. The quantitative estimate of drug-likeness (QED) is 0.640. The Morgan fingerprint density at radius 3 is 2.59 bits per heavy atom. The van der Waals surface area contributed by atoms with Gasteiger partial charge in [0.05, 0.1) is 34.4 Å². The Morgan fingerprint density at radius 2 is 1.91 bits per heavy atom. The predicted molar refractivity (Wildman–Crippen MR) is 115 cm³/mol. The van der Waals surface area contributed by atoms with E-state index in [1.54, 1.807) is 18.2 Å². The Bertz CT molecular complexity index is 1160. The molecule has 2 aliphatic heterocycles. The van der Waals surface area contributed by atoms with Crippen molar-refractivity contribution in [1.82, 2.24) is 0 Å². The summed E-state index contributed by atoms with van der Waals surface area (Å²) in [5.74, 6) is 0. The third-order valence-electron chi connectivity index (χ3n) is 5.59. The van der Waals surface area contributed by atoms with Crippen LogP contribution in [0.2, 0.25) is 0 Å². The van der Waals surface area contributed by atoms with Crippen molar-refractivity contribution in [2.75, 3.05) is 22.3 Å². The standard InChI is InChI=1S/C20H19BrF3N3O4S/c21-13-4-5-17-18(9-13)27(11-14-10-15(31-19(25)28)6-7-26(14)17)32(29,30)16-3-1-2-12(8-16)20(22,23)24/h1-5,8-9,14-15H,6-7,10-11H2,(H2,25,28)/t14-,15?/m0/s1. The number of amides is 1. The predicted octanol–water partition coefficient (Wildman–Crippen LogP) is 4.11. The van der Waals surface area contributed by atoms with Crippen molar-refractivity contribution >= 4 is 43.4 Å². The van der Waals surface area contributed by atoms with Gasteiger partial charge in [-0.1, -0.05) is 22.0 Å². The number of benzene rings is 2. The normalized spacial score (nSPS) is 21.0. The summed E-state index contributed by atoms with van der Waals surface area (Å²) in [5.41, 5.74) is 5.09. The molecule has 7 nitrogen and oxygen atoms in total. The van der Waals surface area contributed by atoms with Gasteiger partial charge in [-0.25, -0.2) is 13.2 Å². The minimum absolute atomic E-state index is 0.0132. The van der Waals surface area contributed by atoms with E-state index in [9.17, 15) is 26.4 Å². The molecule has 4 rings (SSSR count). The van der Waals surface area contributed by atoms with E-state index in [1.165, 1.54) is 0 Å². The highest BCUT2D eigenvalue weighted by molar-refractivity contribution is 9.10. The number of nitrogens with two attached hydrogens (primary N) is 1. The number of primary amides is 1. The average molecular weight is 534 g/mol. The Morgan fingerprint density at radius 1 is 1.16 bits per heavy atom. The topological polar surface area (TPSA) is 92.9 Å². The Balaban J connectivity index is 1.76. The lowest BCUT2D eigenvalue weighted by atomic mass is 9.96. The highest BCUT2D eigenvalue weighted by Gasteiger charge is 2.41. The number of alkyl halides is 3. The van der Waals surface area contributed by atoms with Crippen LogP contribution in [0.3, 0.4) is 0 Å². The first-order chi connectivity index (χ1) is 15.0. The van der Waals surface area contributed by atoms with Crippen molar-refractivity contribution in [3.63, 3.8) is 0 Å². The van der Waals surface area contributed by atoms with E-state index < -0.39 is 38.9 Å². The summed E-state index contributed by atoms with van der Waals surface area (Å²) in [6, 6.07) is 8.50. The number of nitrogens with zero attached hydrogens (tertiary/aromatic N) is 2. The maximum absolute atomic E-state index is 13.5. The molecule has 0 saturated carbocycles. The maximum Gasteiger partial charge on any atom is 0.416 e. The third kappa shape index (κ3) is 4.25. The number of sulfonamides is 1. The van der Waals surface area contributed by atoms with Crippen molar-refractivity contribution in [2.24, 2.45) is 5.73 Å². The number of ether oxygens (including phenoxy) is 1. The zero-order chi connectivity index (χ0) is 23.3. The lowest BCUT2D eigenvalue weighted by Gasteiger charge is -2.47. The van der Waals surface area contributed by atoms with E-state index in [0.717, 1.165) is 22.5 Å². The SMILES string of the molecule is NC(=O)OC1CCN2c3ccc(Br)cc3N(S(=O)(=O)c3cccc(C(F)(F)F)c3)C[C@@H]2C1. The molecule has 172 valence electrons. The molecule has 0 radical (unpaired) electrons. The van der Waals surface area contributed by atoms with Gasteiger partial charge in [0.2, 0.25) is 0 Å². The van der Waals surface area contributed by atoms with Gasteiger partial charge in [-0.2, -0.15) is 13.2 Å². The van der Waals surface area contributed by atoms with Gasteiger partial charge in [0.25, 0.3) is 10.0 Å². The monoisotopic (exact) mass is 533 g/mol. The summed E-state index contributed by atoms with van der Waals surface area (Å²) >= 11 is 3.34. The van der Waals surface area contributed by atoms with Crippen molar-refractivity contribution < 1.29 is 31.1 Å². The number of piperidine rings is 1. The van der Waals surface area contributed by atoms with Gasteiger partial charge in [0, 0.05) is 23.9 Å². The first-order valence-corrected chi connectivity index (χ1v) is 11.9. The van der Waals surface area contributed by atoms with Crippen LogP contribution in [0.15, 0.2) is 51.8 Å². The molecule has 1 unspecified atom stereocenters. The zero-order valence-corrected chi connectivity index (χ0v) is 19.0. The van der Waals surface area contributed by atoms with Gasteiger partial charge in [0.15, 0.2) is 0 Å². The second-order valence-corrected chi connectivity index (χ2v) is 10.4. The molecule has 0 aromatic heterocycles. The largest absolute Gasteiger partial charge is 0.446 e. The van der Waals surface area contributed by atoms with Crippen LogP contribution < -0.4 is 14.9 Å². The molecule has 2 heterocycles. The zero-order valence-electron chi connectivity index (χ0n) is 16.5. The number of halogens is 4. The summed E-state index contributed by atoms with van der Waals surface area (Å²) in [5, 5.41) is 0. The third-order valence-corrected chi connectivity index (χ3v) is 7.86. The first-order valence-electron chi connectivity index (χ1n) is 9.69. The number of hydrogen-bond acceptors (Lipinski definition) is 5. The summed E-state index contributed by atoms with van der Waals surface area (Å²) < 4.78 is 73.4. The van der Waals surface area contributed by atoms with Crippen LogP contribution in [0.25, 0.3) is 0 Å². The molecule has 2 aromatic rings. The number of rotatable bonds is 3. The molecule has 0 bridgehead atoms. The molecule has 1 fully saturated rings. The van der Waals surface area contributed by atoms with E-state index in [1.807, 2.05) is 4.90 Å². The van der Waals surface area contributed by atoms with E-state index in [2.05, 4.69) is 15.9 Å². The fourth-order valence-corrected chi connectivity index (χ4v) is 6.10. The number of fused-ring (bicyclic) bond motifs is 3. The van der Waals surface area contributed by atoms with Crippen molar-refractivity contribution in [2.45, 2.75) is 36.1 Å². The molecule has 32 heavy (non-hydrogen) atoms. The minimum atomic E-state index is -4.67. The van der Waals surface area contributed by atoms with Gasteiger partial charge >= 0.3 is 12.3 Å². The number of anilines is 2. The maximum atomic E-state index is 13.5. The molecule has 1 amide bonds. The lowest BCUT2D eigenvalue weighted by molar-refractivity contribution is -0.137. The number of hydrogen-bond donors (Lipinski definition) is 1. The van der Waals surface area contributed by atoms with Crippen molar-refractivity contribution in [3.05, 3.63) is 52.5 Å². The summed E-state index contributed by atoms with van der Waals surface area (Å²) in [6.07, 6.45) is -5.18. The highest BCUT2D eigenvalue weighted by Crippen LogP contribution is 2.43. The van der Waals surface area contributed by atoms with Gasteiger partial charge in [-0.15, -0.1) is 0 Å². The second kappa shape index (κ2) is 8.14. The molecule has 2 N–H and O–H groups in total. The lowest BCUT2D eigenvalue weighted by Crippen LogP contribution is -2.55. The van der Waals surface area contributed by atoms with Crippen molar-refractivity contribution in [3.8, 4) is 0 Å². The molecule has 0 spiro atoms. The van der Waals surface area contributed by atoms with Gasteiger partial charge in [-0.05, 0) is 36.4 Å². The smallest absolute Gasteiger partial charge is 0.416 e. The molecule has 2 aromatic carbocycles. The van der Waals surface area contributed by atoms with Crippen LogP contribution in [0.5, 0.6) is 0 Å². The van der Waals surface area contributed by atoms with Crippen LogP contribution in [0, 0.1) is 0 Å².